The largest absolute Gasteiger partial charge is 0.288 e. The average Bonchev–Trinajstić information content (AvgIpc) is 2.24. The maximum Gasteiger partial charge on any atom is 0.186 e. The first kappa shape index (κ1) is 12.9. The van der Waals surface area contributed by atoms with Gasteiger partial charge in [-0.05, 0) is 23.6 Å². The predicted octanol–water partition coefficient (Wildman–Crippen LogP) is 3.44. The van der Waals surface area contributed by atoms with Crippen LogP contribution < -0.4 is 0 Å². The van der Waals surface area contributed by atoms with Gasteiger partial charge in [-0.1, -0.05) is 49.6 Å². The van der Waals surface area contributed by atoms with E-state index in [1.165, 1.54) is 17.3 Å². The van der Waals surface area contributed by atoms with E-state index in [9.17, 15) is 4.79 Å². The molecule has 0 N–H and O–H groups in total. The Morgan fingerprint density at radius 1 is 1.44 bits per heavy atom. The van der Waals surface area contributed by atoms with Crippen LogP contribution in [0.5, 0.6) is 0 Å². The molecule has 0 aliphatic heterocycles. The van der Waals surface area contributed by atoms with E-state index < -0.39 is 0 Å². The molecule has 0 heterocycles. The van der Waals surface area contributed by atoms with Crippen LogP contribution in [0.1, 0.15) is 37.8 Å². The molecule has 0 aliphatic carbocycles. The van der Waals surface area contributed by atoms with Crippen molar-refractivity contribution in [1.29, 1.82) is 0 Å². The molecule has 1 nitrogen and oxygen atoms in total. The van der Waals surface area contributed by atoms with Gasteiger partial charge < -0.3 is 0 Å². The maximum atomic E-state index is 10.7. The molecule has 0 aromatic heterocycles. The van der Waals surface area contributed by atoms with Crippen molar-refractivity contribution in [2.24, 2.45) is 0 Å². The third kappa shape index (κ3) is 4.55. The summed E-state index contributed by atoms with van der Waals surface area (Å²) in [6, 6.07) is 8.24. The molecule has 1 aromatic rings. The second kappa shape index (κ2) is 6.40. The van der Waals surface area contributed by atoms with Crippen LogP contribution in [0.3, 0.4) is 0 Å². The first-order chi connectivity index (χ1) is 7.59. The molecule has 0 bridgehead atoms. The second-order valence-corrected chi connectivity index (χ2v) is 5.01. The summed E-state index contributed by atoms with van der Waals surface area (Å²) in [5.74, 6) is 7.16. The summed E-state index contributed by atoms with van der Waals surface area (Å²) in [5, 5.41) is 0.116. The number of hydrogen-bond acceptors (Lipinski definition) is 2. The van der Waals surface area contributed by atoms with Crippen molar-refractivity contribution in [2.75, 3.05) is 5.75 Å². The standard InChI is InChI=1S/C14H16OS/c1-11(2)14-8-4-6-13(10-14)7-5-9-16-12(3)15/h4,6,8,10-11H,9H2,1-3H3. The minimum absolute atomic E-state index is 0.116. The summed E-state index contributed by atoms with van der Waals surface area (Å²) in [7, 11) is 0. The number of carbonyl (C=O) groups excluding carboxylic acids is 1. The van der Waals surface area contributed by atoms with Crippen LogP contribution in [0.2, 0.25) is 0 Å². The summed E-state index contributed by atoms with van der Waals surface area (Å²) < 4.78 is 0. The fraction of sp³-hybridized carbons (Fsp3) is 0.357. The molecule has 0 atom stereocenters. The van der Waals surface area contributed by atoms with Crippen LogP contribution in [-0.4, -0.2) is 10.9 Å². The maximum absolute atomic E-state index is 10.7. The second-order valence-electron chi connectivity index (χ2n) is 3.86. The Hall–Kier alpha value is -1.20. The molecule has 1 aromatic carbocycles. The van der Waals surface area contributed by atoms with Crippen LogP contribution >= 0.6 is 11.8 Å². The fourth-order valence-electron chi connectivity index (χ4n) is 1.25. The van der Waals surface area contributed by atoms with E-state index in [2.05, 4.69) is 37.8 Å². The van der Waals surface area contributed by atoms with Crippen LogP contribution in [0.15, 0.2) is 24.3 Å². The monoisotopic (exact) mass is 232 g/mol. The van der Waals surface area contributed by atoms with Crippen molar-refractivity contribution < 1.29 is 4.79 Å². The quantitative estimate of drug-likeness (QED) is 0.727. The van der Waals surface area contributed by atoms with Gasteiger partial charge in [-0.3, -0.25) is 4.79 Å². The molecule has 0 saturated heterocycles. The molecular formula is C14H16OS. The van der Waals surface area contributed by atoms with Gasteiger partial charge in [0, 0.05) is 12.5 Å². The summed E-state index contributed by atoms with van der Waals surface area (Å²) in [5.41, 5.74) is 2.32. The molecule has 1 rings (SSSR count). The average molecular weight is 232 g/mol. The van der Waals surface area contributed by atoms with Crippen molar-refractivity contribution >= 4 is 16.9 Å². The zero-order valence-corrected chi connectivity index (χ0v) is 10.7. The predicted molar refractivity (Wildman–Crippen MR) is 70.5 cm³/mol. The first-order valence-electron chi connectivity index (χ1n) is 5.32. The zero-order chi connectivity index (χ0) is 12.0. The molecule has 0 fully saturated rings. The van der Waals surface area contributed by atoms with Crippen LogP contribution in [0.4, 0.5) is 0 Å². The van der Waals surface area contributed by atoms with Crippen LogP contribution in [0, 0.1) is 11.8 Å². The van der Waals surface area contributed by atoms with Gasteiger partial charge in [0.2, 0.25) is 0 Å². The van der Waals surface area contributed by atoms with Gasteiger partial charge in [-0.2, -0.15) is 0 Å². The third-order valence-electron chi connectivity index (χ3n) is 2.13. The van der Waals surface area contributed by atoms with E-state index in [1.54, 1.807) is 6.92 Å². The molecule has 0 amide bonds. The Morgan fingerprint density at radius 2 is 2.19 bits per heavy atom. The number of rotatable bonds is 2. The molecular weight excluding hydrogens is 216 g/mol. The SMILES string of the molecule is CC(=O)SCC#Cc1cccc(C(C)C)c1. The van der Waals surface area contributed by atoms with E-state index in [4.69, 9.17) is 0 Å². The topological polar surface area (TPSA) is 17.1 Å². The lowest BCUT2D eigenvalue weighted by Gasteiger charge is -2.04. The van der Waals surface area contributed by atoms with Gasteiger partial charge in [0.15, 0.2) is 5.12 Å². The Labute approximate surface area is 102 Å². The molecule has 16 heavy (non-hydrogen) atoms. The van der Waals surface area contributed by atoms with Gasteiger partial charge in [-0.15, -0.1) is 0 Å². The minimum atomic E-state index is 0.116. The number of hydrogen-bond donors (Lipinski definition) is 0. The van der Waals surface area contributed by atoms with Crippen molar-refractivity contribution in [2.45, 2.75) is 26.7 Å². The van der Waals surface area contributed by atoms with E-state index in [0.717, 1.165) is 5.56 Å². The summed E-state index contributed by atoms with van der Waals surface area (Å²) in [6.45, 7) is 5.89. The Morgan fingerprint density at radius 3 is 2.81 bits per heavy atom. The third-order valence-corrected chi connectivity index (χ3v) is 2.83. The highest BCUT2D eigenvalue weighted by Crippen LogP contribution is 2.14. The molecule has 2 heteroatoms. The van der Waals surface area contributed by atoms with E-state index in [1.807, 2.05) is 12.1 Å². The van der Waals surface area contributed by atoms with Gasteiger partial charge in [-0.25, -0.2) is 0 Å². The van der Waals surface area contributed by atoms with Crippen molar-refractivity contribution in [3.63, 3.8) is 0 Å². The molecule has 0 spiro atoms. The van der Waals surface area contributed by atoms with Crippen LogP contribution in [0.25, 0.3) is 0 Å². The van der Waals surface area contributed by atoms with Crippen molar-refractivity contribution in [1.82, 2.24) is 0 Å². The van der Waals surface area contributed by atoms with Gasteiger partial charge >= 0.3 is 0 Å². The Balaban J connectivity index is 2.66. The Kier molecular flexibility index (Phi) is 5.14. The highest BCUT2D eigenvalue weighted by molar-refractivity contribution is 8.13. The van der Waals surface area contributed by atoms with E-state index in [0.29, 0.717) is 11.7 Å². The number of thioether (sulfide) groups is 1. The van der Waals surface area contributed by atoms with E-state index >= 15 is 0 Å². The van der Waals surface area contributed by atoms with Crippen molar-refractivity contribution in [3.8, 4) is 11.8 Å². The molecule has 0 unspecified atom stereocenters. The lowest BCUT2D eigenvalue weighted by atomic mass is 10.0. The lowest BCUT2D eigenvalue weighted by Crippen LogP contribution is -1.87. The lowest BCUT2D eigenvalue weighted by molar-refractivity contribution is -0.109. The first-order valence-corrected chi connectivity index (χ1v) is 6.30. The zero-order valence-electron chi connectivity index (χ0n) is 9.91. The minimum Gasteiger partial charge on any atom is -0.288 e. The smallest absolute Gasteiger partial charge is 0.186 e. The van der Waals surface area contributed by atoms with Crippen LogP contribution in [-0.2, 0) is 4.79 Å². The normalized spacial score (nSPS) is 9.75. The van der Waals surface area contributed by atoms with Gasteiger partial charge in [0.1, 0.15) is 0 Å². The molecule has 0 saturated carbocycles. The molecule has 0 aliphatic rings. The summed E-state index contributed by atoms with van der Waals surface area (Å²) >= 11 is 1.25. The number of carbonyl (C=O) groups is 1. The highest BCUT2D eigenvalue weighted by Gasteiger charge is 1.98. The summed E-state index contributed by atoms with van der Waals surface area (Å²) in [6.07, 6.45) is 0. The summed E-state index contributed by atoms with van der Waals surface area (Å²) in [4.78, 5) is 10.7. The van der Waals surface area contributed by atoms with Crippen molar-refractivity contribution in [3.05, 3.63) is 35.4 Å². The van der Waals surface area contributed by atoms with Gasteiger partial charge in [0.05, 0.1) is 5.75 Å². The molecule has 84 valence electrons. The number of benzene rings is 1. The molecule has 0 radical (unpaired) electrons. The Bertz CT molecular complexity index is 424. The highest BCUT2D eigenvalue weighted by atomic mass is 32.2. The van der Waals surface area contributed by atoms with Gasteiger partial charge in [0.25, 0.3) is 0 Å². The fourth-order valence-corrected chi connectivity index (χ4v) is 1.60. The van der Waals surface area contributed by atoms with E-state index in [-0.39, 0.29) is 5.12 Å².